The van der Waals surface area contributed by atoms with Crippen LogP contribution in [0.1, 0.15) is 55.2 Å². The Kier molecular flexibility index (Phi) is 11.5. The molecule has 9 heteroatoms. The van der Waals surface area contributed by atoms with Gasteiger partial charge in [0.05, 0.1) is 43.1 Å². The van der Waals surface area contributed by atoms with Gasteiger partial charge in [0.1, 0.15) is 5.60 Å². The molecule has 248 valence electrons. The number of allylic oxidation sites excluding steroid dienone is 1. The molecule has 0 radical (unpaired) electrons. The molecular formula is C38H44ClN3O5. The van der Waals surface area contributed by atoms with Crippen LogP contribution in [0, 0.1) is 0 Å². The van der Waals surface area contributed by atoms with Crippen molar-refractivity contribution in [1.82, 2.24) is 10.2 Å². The maximum absolute atomic E-state index is 14.4. The van der Waals surface area contributed by atoms with E-state index in [0.717, 1.165) is 19.5 Å². The number of dihydropyridines is 1. The van der Waals surface area contributed by atoms with Crippen molar-refractivity contribution in [2.75, 3.05) is 46.5 Å². The van der Waals surface area contributed by atoms with Gasteiger partial charge in [-0.25, -0.2) is 9.59 Å². The summed E-state index contributed by atoms with van der Waals surface area (Å²) >= 11 is 6.70. The van der Waals surface area contributed by atoms with Crippen LogP contribution in [0.2, 0.25) is 5.02 Å². The molecule has 2 atom stereocenters. The van der Waals surface area contributed by atoms with Gasteiger partial charge in [-0.05, 0) is 49.6 Å². The van der Waals surface area contributed by atoms with Crippen molar-refractivity contribution < 1.29 is 23.8 Å². The van der Waals surface area contributed by atoms with Crippen molar-refractivity contribution in [3.05, 3.63) is 129 Å². The third-order valence-corrected chi connectivity index (χ3v) is 9.33. The van der Waals surface area contributed by atoms with Crippen LogP contribution in [0.5, 0.6) is 0 Å². The largest absolute Gasteiger partial charge is 0.466 e. The number of ether oxygens (including phenoxy) is 3. The quantitative estimate of drug-likeness (QED) is 0.172. The van der Waals surface area contributed by atoms with Crippen LogP contribution in [-0.2, 0) is 23.8 Å². The maximum atomic E-state index is 14.4. The van der Waals surface area contributed by atoms with Crippen molar-refractivity contribution in [2.24, 2.45) is 5.73 Å². The topological polar surface area (TPSA) is 103 Å². The first-order valence-corrected chi connectivity index (χ1v) is 16.5. The van der Waals surface area contributed by atoms with Crippen LogP contribution in [0.4, 0.5) is 0 Å². The lowest BCUT2D eigenvalue weighted by Crippen LogP contribution is -2.40. The molecule has 1 unspecified atom stereocenters. The molecule has 3 N–H and O–H groups in total. The Bertz CT molecular complexity index is 1570. The fraction of sp³-hybridized carbons (Fsp3) is 0.368. The highest BCUT2D eigenvalue weighted by Gasteiger charge is 2.43. The molecule has 5 rings (SSSR count). The minimum Gasteiger partial charge on any atom is -0.466 e. The lowest BCUT2D eigenvalue weighted by molar-refractivity contribution is -0.152. The molecule has 47 heavy (non-hydrogen) atoms. The van der Waals surface area contributed by atoms with Crippen molar-refractivity contribution in [3.8, 4) is 0 Å². The van der Waals surface area contributed by atoms with Crippen LogP contribution >= 0.6 is 11.6 Å². The number of nitrogens with one attached hydrogen (secondary N) is 1. The number of halogens is 1. The Hall–Kier alpha value is -3.95. The predicted octanol–water partition coefficient (Wildman–Crippen LogP) is 5.93. The number of carbonyl (C=O) groups is 2. The van der Waals surface area contributed by atoms with Crippen LogP contribution < -0.4 is 11.1 Å². The number of nitrogens with two attached hydrogens (primary N) is 1. The van der Waals surface area contributed by atoms with E-state index in [1.54, 1.807) is 13.0 Å². The van der Waals surface area contributed by atoms with E-state index in [1.165, 1.54) is 18.2 Å². The van der Waals surface area contributed by atoms with E-state index >= 15 is 0 Å². The number of nitrogens with zero attached hydrogens (tertiary/aromatic N) is 1. The summed E-state index contributed by atoms with van der Waals surface area (Å²) in [4.78, 5) is 29.9. The molecule has 0 aromatic heterocycles. The van der Waals surface area contributed by atoms with Crippen LogP contribution in [-0.4, -0.2) is 68.9 Å². The van der Waals surface area contributed by atoms with Gasteiger partial charge in [0.25, 0.3) is 0 Å². The van der Waals surface area contributed by atoms with Gasteiger partial charge in [-0.3, -0.25) is 4.90 Å². The Balaban J connectivity index is 1.39. The highest BCUT2D eigenvalue weighted by Crippen LogP contribution is 2.43. The summed E-state index contributed by atoms with van der Waals surface area (Å²) in [6, 6.07) is 28.3. The summed E-state index contributed by atoms with van der Waals surface area (Å²) < 4.78 is 17.4. The first-order chi connectivity index (χ1) is 22.7. The highest BCUT2D eigenvalue weighted by atomic mass is 35.5. The molecule has 0 saturated carbocycles. The van der Waals surface area contributed by atoms with Crippen LogP contribution in [0.15, 0.2) is 107 Å². The number of esters is 2. The zero-order valence-corrected chi connectivity index (χ0v) is 28.1. The molecule has 8 nitrogen and oxygen atoms in total. The van der Waals surface area contributed by atoms with E-state index < -0.39 is 23.5 Å². The summed E-state index contributed by atoms with van der Waals surface area (Å²) in [5.74, 6) is -1.65. The molecule has 1 saturated heterocycles. The van der Waals surface area contributed by atoms with Gasteiger partial charge >= 0.3 is 11.9 Å². The second kappa shape index (κ2) is 15.8. The zero-order chi connectivity index (χ0) is 33.4. The minimum atomic E-state index is -0.819. The lowest BCUT2D eigenvalue weighted by Gasteiger charge is -2.34. The number of rotatable bonds is 13. The summed E-state index contributed by atoms with van der Waals surface area (Å²) in [7, 11) is 1.32. The third kappa shape index (κ3) is 8.14. The van der Waals surface area contributed by atoms with Gasteiger partial charge in [0.2, 0.25) is 0 Å². The molecular weight excluding hydrogens is 614 g/mol. The normalized spacial score (nSPS) is 20.0. The fourth-order valence-electron chi connectivity index (χ4n) is 6.70. The van der Waals surface area contributed by atoms with Crippen molar-refractivity contribution in [1.29, 1.82) is 0 Å². The molecule has 2 heterocycles. The third-order valence-electron chi connectivity index (χ3n) is 8.99. The second-order valence-corrected chi connectivity index (χ2v) is 12.8. The standard InChI is InChI=1S/C38H44ClN3O5/c1-26-33(36(43)45-3)34(30-16-10-11-17-31(30)39)35(32(41-26)24-46-23-20-40)37(44)47-38(2)19-22-42(25-38)21-18-29(27-12-6-4-7-13-27)28-14-8-5-9-15-28/h4-17,29,34,41H,18-25,40H2,1-3H3/t34?,38-/m0/s1. The monoisotopic (exact) mass is 657 g/mol. The van der Waals surface area contributed by atoms with Gasteiger partial charge in [-0.15, -0.1) is 0 Å². The lowest BCUT2D eigenvalue weighted by atomic mass is 9.80. The molecule has 0 aliphatic carbocycles. The predicted molar refractivity (Wildman–Crippen MR) is 184 cm³/mol. The van der Waals surface area contributed by atoms with Crippen LogP contribution in [0.25, 0.3) is 0 Å². The van der Waals surface area contributed by atoms with Crippen molar-refractivity contribution >= 4 is 23.5 Å². The SMILES string of the molecule is COC(=O)C1=C(C)NC(COCCN)=C(C(=O)O[C@@]2(C)CCN(CCC(c3ccccc3)c3ccccc3)C2)C1c1ccccc1Cl. The van der Waals surface area contributed by atoms with E-state index in [-0.39, 0.29) is 18.1 Å². The van der Waals surface area contributed by atoms with Gasteiger partial charge in [0, 0.05) is 42.7 Å². The van der Waals surface area contributed by atoms with Gasteiger partial charge in [-0.1, -0.05) is 90.5 Å². The molecule has 3 aromatic carbocycles. The van der Waals surface area contributed by atoms with E-state index in [9.17, 15) is 9.59 Å². The summed E-state index contributed by atoms with van der Waals surface area (Å²) in [5, 5.41) is 3.66. The number of methoxy groups -OCH3 is 1. The van der Waals surface area contributed by atoms with E-state index in [2.05, 4.69) is 58.7 Å². The Labute approximate surface area is 282 Å². The van der Waals surface area contributed by atoms with Gasteiger partial charge < -0.3 is 25.3 Å². The second-order valence-electron chi connectivity index (χ2n) is 12.4. The average Bonchev–Trinajstić information content (AvgIpc) is 3.45. The fourth-order valence-corrected chi connectivity index (χ4v) is 6.94. The smallest absolute Gasteiger partial charge is 0.337 e. The Morgan fingerprint density at radius 3 is 2.23 bits per heavy atom. The maximum Gasteiger partial charge on any atom is 0.337 e. The summed E-state index contributed by atoms with van der Waals surface area (Å²) in [5.41, 5.74) is 9.73. The van der Waals surface area contributed by atoms with Gasteiger partial charge in [-0.2, -0.15) is 0 Å². The molecule has 1 fully saturated rings. The molecule has 2 aliphatic rings. The summed E-state index contributed by atoms with van der Waals surface area (Å²) in [6.45, 7) is 6.69. The molecule has 0 bridgehead atoms. The van der Waals surface area contributed by atoms with Crippen molar-refractivity contribution in [2.45, 2.75) is 44.1 Å². The first kappa shape index (κ1) is 34.4. The van der Waals surface area contributed by atoms with E-state index in [1.807, 2.05) is 37.3 Å². The van der Waals surface area contributed by atoms with E-state index in [0.29, 0.717) is 53.7 Å². The zero-order valence-electron chi connectivity index (χ0n) is 27.3. The Morgan fingerprint density at radius 1 is 0.979 bits per heavy atom. The van der Waals surface area contributed by atoms with Gasteiger partial charge in [0.15, 0.2) is 0 Å². The number of likely N-dealkylation sites (tertiary alicyclic amines) is 1. The highest BCUT2D eigenvalue weighted by molar-refractivity contribution is 6.31. The molecule has 3 aromatic rings. The Morgan fingerprint density at radius 2 is 1.62 bits per heavy atom. The number of hydrogen-bond acceptors (Lipinski definition) is 8. The summed E-state index contributed by atoms with van der Waals surface area (Å²) in [6.07, 6.45) is 1.60. The van der Waals surface area contributed by atoms with Crippen molar-refractivity contribution in [3.63, 3.8) is 0 Å². The number of hydrogen-bond donors (Lipinski definition) is 2. The van der Waals surface area contributed by atoms with E-state index in [4.69, 9.17) is 31.5 Å². The molecule has 0 spiro atoms. The molecule has 2 aliphatic heterocycles. The van der Waals surface area contributed by atoms with Crippen LogP contribution in [0.3, 0.4) is 0 Å². The molecule has 0 amide bonds. The first-order valence-electron chi connectivity index (χ1n) is 16.1. The average molecular weight is 658 g/mol. The number of benzene rings is 3. The minimum absolute atomic E-state index is 0.0809. The number of carbonyl (C=O) groups excluding carboxylic acids is 2.